The van der Waals surface area contributed by atoms with Gasteiger partial charge in [-0.3, -0.25) is 0 Å². The molecule has 4 nitrogen and oxygen atoms in total. The molecule has 6 aromatic rings. The molecule has 2 radical (unpaired) electrons. The van der Waals surface area contributed by atoms with Crippen LogP contribution in [0.25, 0.3) is 43.8 Å². The number of hydrogen-bond acceptors (Lipinski definition) is 4. The van der Waals surface area contributed by atoms with E-state index in [-0.39, 0.29) is 0 Å². The molecule has 250 valence electrons. The normalized spacial score (nSPS) is 10.0. The summed E-state index contributed by atoms with van der Waals surface area (Å²) in [5.74, 6) is 3.03. The van der Waals surface area contributed by atoms with Gasteiger partial charge in [-0.1, -0.05) is 62.3 Å². The van der Waals surface area contributed by atoms with Crippen LogP contribution in [0.4, 0.5) is 0 Å². The SMILES string of the molecule is CCc1cc2c(-c3ccc(OC)c(OC)c3)cccc2[cH-]1.CCc1cc2c(-c3ccc(OC)c(OC)c3)cccc2[cH-]1.C[Si]C.[Cl][Zr+2][Cl]. The number of fused-ring (bicyclic) bond motifs is 2. The molecule has 0 aliphatic carbocycles. The van der Waals surface area contributed by atoms with Crippen molar-refractivity contribution in [2.24, 2.45) is 0 Å². The van der Waals surface area contributed by atoms with Gasteiger partial charge in [0.25, 0.3) is 0 Å². The number of hydrogen-bond donors (Lipinski definition) is 0. The average molecular weight is 779 g/mol. The van der Waals surface area contributed by atoms with Crippen molar-refractivity contribution in [3.63, 3.8) is 0 Å². The second-order valence-corrected chi connectivity index (χ2v) is 15.5. The van der Waals surface area contributed by atoms with Gasteiger partial charge < -0.3 is 18.9 Å². The van der Waals surface area contributed by atoms with E-state index < -0.39 is 20.8 Å². The van der Waals surface area contributed by atoms with Gasteiger partial charge in [0.15, 0.2) is 23.0 Å². The van der Waals surface area contributed by atoms with Gasteiger partial charge in [0.05, 0.1) is 28.4 Å². The van der Waals surface area contributed by atoms with Crippen molar-refractivity contribution < 1.29 is 39.8 Å². The van der Waals surface area contributed by atoms with Crippen molar-refractivity contribution in [3.8, 4) is 45.3 Å². The molecule has 8 heteroatoms. The van der Waals surface area contributed by atoms with E-state index in [1.165, 1.54) is 43.8 Å². The van der Waals surface area contributed by atoms with Crippen molar-refractivity contribution in [2.45, 2.75) is 39.8 Å². The third-order valence-corrected chi connectivity index (χ3v) is 7.83. The van der Waals surface area contributed by atoms with Crippen LogP contribution in [0.2, 0.25) is 13.1 Å². The van der Waals surface area contributed by atoms with Crippen LogP contribution in [0.1, 0.15) is 25.0 Å². The van der Waals surface area contributed by atoms with Crippen molar-refractivity contribution in [2.75, 3.05) is 28.4 Å². The summed E-state index contributed by atoms with van der Waals surface area (Å²) in [6.07, 6.45) is 2.11. The summed E-state index contributed by atoms with van der Waals surface area (Å²) < 4.78 is 21.4. The van der Waals surface area contributed by atoms with Gasteiger partial charge in [0.2, 0.25) is 0 Å². The van der Waals surface area contributed by atoms with Crippen LogP contribution in [0.3, 0.4) is 0 Å². The molecule has 0 aliphatic rings. The Hall–Kier alpha value is -3.02. The summed E-state index contributed by atoms with van der Waals surface area (Å²) in [7, 11) is 17.6. The van der Waals surface area contributed by atoms with E-state index in [4.69, 9.17) is 36.0 Å². The molecule has 0 aliphatic heterocycles. The summed E-state index contributed by atoms with van der Waals surface area (Å²) >= 11 is -0.826. The molecule has 0 fully saturated rings. The predicted molar refractivity (Wildman–Crippen MR) is 204 cm³/mol. The van der Waals surface area contributed by atoms with E-state index in [0.717, 1.165) is 56.5 Å². The topological polar surface area (TPSA) is 36.9 Å². The quantitative estimate of drug-likeness (QED) is 0.114. The first-order valence-electron chi connectivity index (χ1n) is 15.7. The maximum atomic E-state index is 5.41. The van der Waals surface area contributed by atoms with E-state index in [9.17, 15) is 0 Å². The molecule has 6 aromatic carbocycles. The fourth-order valence-corrected chi connectivity index (χ4v) is 5.51. The van der Waals surface area contributed by atoms with Crippen molar-refractivity contribution in [3.05, 3.63) is 108 Å². The molecule has 0 atom stereocenters. The number of rotatable bonds is 8. The predicted octanol–water partition coefficient (Wildman–Crippen LogP) is 11.8. The maximum absolute atomic E-state index is 5.41. The number of aryl methyl sites for hydroxylation is 2. The third-order valence-electron chi connectivity index (χ3n) is 7.83. The van der Waals surface area contributed by atoms with Crippen molar-refractivity contribution >= 4 is 48.1 Å². The van der Waals surface area contributed by atoms with Gasteiger partial charge in [-0.15, -0.1) is 69.1 Å². The van der Waals surface area contributed by atoms with E-state index in [1.807, 2.05) is 24.3 Å². The van der Waals surface area contributed by atoms with Crippen LogP contribution in [0.15, 0.2) is 97.1 Å². The molecule has 0 saturated heterocycles. The zero-order chi connectivity index (χ0) is 35.1. The van der Waals surface area contributed by atoms with Gasteiger partial charge in [0, 0.05) is 9.52 Å². The van der Waals surface area contributed by atoms with E-state index in [0.29, 0.717) is 0 Å². The third kappa shape index (κ3) is 10.0. The van der Waals surface area contributed by atoms with Gasteiger partial charge in [-0.2, -0.15) is 12.1 Å². The average Bonchev–Trinajstić information content (AvgIpc) is 3.76. The summed E-state index contributed by atoms with van der Waals surface area (Å²) in [5, 5.41) is 5.17. The van der Waals surface area contributed by atoms with Gasteiger partial charge >= 0.3 is 37.9 Å². The molecule has 0 N–H and O–H groups in total. The van der Waals surface area contributed by atoms with Crippen LogP contribution >= 0.6 is 17.0 Å². The Morgan fingerprint density at radius 2 is 0.917 bits per heavy atom. The molecule has 0 saturated carbocycles. The fourth-order valence-electron chi connectivity index (χ4n) is 5.51. The molecular weight excluding hydrogens is 735 g/mol. The molecule has 0 heterocycles. The minimum atomic E-state index is -0.826. The number of halogens is 2. The molecule has 0 unspecified atom stereocenters. The van der Waals surface area contributed by atoms with Crippen LogP contribution in [0.5, 0.6) is 23.0 Å². The molecular formula is C40H44Cl2O4SiZr. The fraction of sp³-hybridized carbons (Fsp3) is 0.250. The van der Waals surface area contributed by atoms with Crippen LogP contribution in [0, 0.1) is 0 Å². The van der Waals surface area contributed by atoms with Gasteiger partial charge in [-0.05, 0) is 48.2 Å². The van der Waals surface area contributed by atoms with Crippen molar-refractivity contribution in [1.82, 2.24) is 0 Å². The van der Waals surface area contributed by atoms with Crippen LogP contribution in [-0.4, -0.2) is 38.0 Å². The Morgan fingerprint density at radius 1 is 0.562 bits per heavy atom. The monoisotopic (exact) mass is 776 g/mol. The second kappa shape index (κ2) is 20.5. The van der Waals surface area contributed by atoms with Crippen LogP contribution in [-0.2, 0) is 33.7 Å². The molecule has 0 amide bonds. The van der Waals surface area contributed by atoms with Gasteiger partial charge in [0.1, 0.15) is 0 Å². The minimum absolute atomic E-state index is 0.755. The Labute approximate surface area is 307 Å². The number of methoxy groups -OCH3 is 4. The summed E-state index contributed by atoms with van der Waals surface area (Å²) in [4.78, 5) is 0. The van der Waals surface area contributed by atoms with Crippen LogP contribution < -0.4 is 18.9 Å². The number of ether oxygens (including phenoxy) is 4. The summed E-state index contributed by atoms with van der Waals surface area (Å²) in [6.45, 7) is 8.68. The molecule has 0 aromatic heterocycles. The standard InChI is InChI=1S/2C19H19O2.C2H6Si.2ClH.Zr/c2*1-4-13-10-14-6-5-7-16(17(14)11-13)15-8-9-18(20-2)19(12-15)21-3;1-3-2;;;/h2*5-12H,4H2,1-3H3;1-2H3;2*1H;/q2*-1;;;;+4/p-2. The Kier molecular flexibility index (Phi) is 16.8. The molecule has 0 bridgehead atoms. The second-order valence-electron chi connectivity index (χ2n) is 10.8. The van der Waals surface area contributed by atoms with E-state index in [1.54, 1.807) is 28.4 Å². The van der Waals surface area contributed by atoms with Gasteiger partial charge in [-0.25, -0.2) is 0 Å². The first kappa shape index (κ1) is 39.4. The van der Waals surface area contributed by atoms with E-state index >= 15 is 0 Å². The molecule has 6 rings (SSSR count). The zero-order valence-electron chi connectivity index (χ0n) is 29.0. The summed E-state index contributed by atoms with van der Waals surface area (Å²) in [5.41, 5.74) is 7.50. The Bertz CT molecular complexity index is 1730. The van der Waals surface area contributed by atoms with E-state index in [2.05, 4.69) is 99.7 Å². The first-order valence-corrected chi connectivity index (χ1v) is 24.1. The summed E-state index contributed by atoms with van der Waals surface area (Å²) in [6, 6.07) is 34.1. The molecule has 48 heavy (non-hydrogen) atoms. The number of benzene rings is 4. The molecule has 0 spiro atoms. The Morgan fingerprint density at radius 3 is 1.23 bits per heavy atom. The van der Waals surface area contributed by atoms with Crippen molar-refractivity contribution in [1.29, 1.82) is 0 Å². The zero-order valence-corrected chi connectivity index (χ0v) is 34.0. The first-order chi connectivity index (χ1) is 23.4. The Balaban J connectivity index is 0.000000224.